The number of para-hydroxylation sites is 1. The number of nitrogens with zero attached hydrogens (tertiary/aromatic N) is 2. The molecule has 182 valence electrons. The van der Waals surface area contributed by atoms with Crippen LogP contribution in [0.3, 0.4) is 0 Å². The molecule has 0 bridgehead atoms. The first kappa shape index (κ1) is 23.3. The summed E-state index contributed by atoms with van der Waals surface area (Å²) in [5.41, 5.74) is 4.59. The van der Waals surface area contributed by atoms with Crippen molar-refractivity contribution in [1.29, 1.82) is 0 Å². The van der Waals surface area contributed by atoms with Crippen molar-refractivity contribution in [3.8, 4) is 0 Å². The van der Waals surface area contributed by atoms with Crippen LogP contribution in [0.1, 0.15) is 34.6 Å². The predicted octanol–water partition coefficient (Wildman–Crippen LogP) is 3.83. The first-order chi connectivity index (χ1) is 17.5. The van der Waals surface area contributed by atoms with Gasteiger partial charge in [0, 0.05) is 25.6 Å². The van der Waals surface area contributed by atoms with Crippen molar-refractivity contribution in [2.45, 2.75) is 31.7 Å². The molecule has 1 unspecified atom stereocenters. The fourth-order valence-electron chi connectivity index (χ4n) is 4.47. The summed E-state index contributed by atoms with van der Waals surface area (Å²) in [4.78, 5) is 42.4. The number of aryl methyl sites for hydroxylation is 3. The Balaban J connectivity index is 1.20. The molecule has 8 heteroatoms. The maximum absolute atomic E-state index is 12.6. The van der Waals surface area contributed by atoms with Gasteiger partial charge in [0.25, 0.3) is 5.91 Å². The molecule has 5 rings (SSSR count). The second kappa shape index (κ2) is 10.0. The number of amides is 3. The summed E-state index contributed by atoms with van der Waals surface area (Å²) in [7, 11) is 2.00. The van der Waals surface area contributed by atoms with Crippen LogP contribution in [0.4, 0.5) is 11.4 Å². The lowest BCUT2D eigenvalue weighted by Gasteiger charge is -2.14. The van der Waals surface area contributed by atoms with Crippen molar-refractivity contribution in [3.63, 3.8) is 0 Å². The topological polar surface area (TPSA) is 105 Å². The Kier molecular flexibility index (Phi) is 6.49. The molecule has 0 saturated heterocycles. The number of hydrogen-bond acceptors (Lipinski definition) is 4. The van der Waals surface area contributed by atoms with E-state index in [4.69, 9.17) is 4.98 Å². The molecular weight excluding hydrogens is 454 g/mol. The summed E-state index contributed by atoms with van der Waals surface area (Å²) in [5, 5.41) is 8.36. The summed E-state index contributed by atoms with van der Waals surface area (Å²) in [6.45, 7) is 0. The molecule has 1 aromatic heterocycles. The van der Waals surface area contributed by atoms with Gasteiger partial charge in [-0.25, -0.2) is 4.98 Å². The second-order valence-corrected chi connectivity index (χ2v) is 8.92. The Hall–Kier alpha value is -4.46. The smallest absolute Gasteiger partial charge is 0.254 e. The van der Waals surface area contributed by atoms with E-state index in [1.54, 1.807) is 24.3 Å². The van der Waals surface area contributed by atoms with Gasteiger partial charge in [0.05, 0.1) is 22.3 Å². The van der Waals surface area contributed by atoms with Gasteiger partial charge >= 0.3 is 0 Å². The molecule has 1 aliphatic heterocycles. The number of benzene rings is 3. The molecule has 0 aliphatic carbocycles. The quantitative estimate of drug-likeness (QED) is 0.373. The van der Waals surface area contributed by atoms with Crippen LogP contribution in [0.15, 0.2) is 72.8 Å². The van der Waals surface area contributed by atoms with Gasteiger partial charge in [-0.15, -0.1) is 0 Å². The zero-order valence-corrected chi connectivity index (χ0v) is 20.0. The van der Waals surface area contributed by atoms with Crippen molar-refractivity contribution in [3.05, 3.63) is 89.7 Å². The monoisotopic (exact) mass is 481 g/mol. The predicted molar refractivity (Wildman–Crippen MR) is 139 cm³/mol. The van der Waals surface area contributed by atoms with Crippen molar-refractivity contribution >= 4 is 40.1 Å². The molecule has 1 atom stereocenters. The van der Waals surface area contributed by atoms with Gasteiger partial charge in [-0.3, -0.25) is 14.4 Å². The minimum absolute atomic E-state index is 0.0806. The van der Waals surface area contributed by atoms with E-state index in [1.165, 1.54) is 5.56 Å². The lowest BCUT2D eigenvalue weighted by atomic mass is 10.1. The van der Waals surface area contributed by atoms with Crippen LogP contribution < -0.4 is 16.0 Å². The number of nitrogens with one attached hydrogen (secondary N) is 3. The van der Waals surface area contributed by atoms with E-state index in [0.717, 1.165) is 29.7 Å². The van der Waals surface area contributed by atoms with Crippen LogP contribution >= 0.6 is 0 Å². The Morgan fingerprint density at radius 1 is 1.00 bits per heavy atom. The van der Waals surface area contributed by atoms with Gasteiger partial charge in [0.2, 0.25) is 11.8 Å². The first-order valence-corrected chi connectivity index (χ1v) is 12.0. The van der Waals surface area contributed by atoms with Crippen LogP contribution in [0, 0.1) is 0 Å². The van der Waals surface area contributed by atoms with Crippen LogP contribution in [-0.4, -0.2) is 33.3 Å². The third-order valence-corrected chi connectivity index (χ3v) is 6.45. The average molecular weight is 482 g/mol. The summed E-state index contributed by atoms with van der Waals surface area (Å²) < 4.78 is 2.08. The lowest BCUT2D eigenvalue weighted by molar-refractivity contribution is -0.118. The van der Waals surface area contributed by atoms with Crippen molar-refractivity contribution in [2.75, 3.05) is 10.6 Å². The van der Waals surface area contributed by atoms with Crippen molar-refractivity contribution in [2.24, 2.45) is 7.05 Å². The van der Waals surface area contributed by atoms with E-state index in [2.05, 4.69) is 32.7 Å². The number of rotatable bonds is 7. The molecule has 3 aromatic carbocycles. The second-order valence-electron chi connectivity index (χ2n) is 8.92. The Labute approximate surface area is 208 Å². The number of hydrogen-bond donors (Lipinski definition) is 3. The highest BCUT2D eigenvalue weighted by Gasteiger charge is 2.27. The van der Waals surface area contributed by atoms with Crippen LogP contribution in [0.25, 0.3) is 11.0 Å². The van der Waals surface area contributed by atoms with Crippen LogP contribution in [0.5, 0.6) is 0 Å². The van der Waals surface area contributed by atoms with Gasteiger partial charge < -0.3 is 20.5 Å². The normalized spacial score (nSPS) is 15.1. The SMILES string of the molecule is Cn1c(CCc2ccccc2)nc2cc(NC(=O)CCC3NC(=O)c4ccccc4NC3=O)ccc21. The summed E-state index contributed by atoms with van der Waals surface area (Å²) in [6, 6.07) is 22.0. The molecule has 0 saturated carbocycles. The molecule has 3 amide bonds. The third kappa shape index (κ3) is 4.98. The van der Waals surface area contributed by atoms with E-state index in [1.807, 2.05) is 43.4 Å². The average Bonchev–Trinajstić information content (AvgIpc) is 3.13. The molecule has 0 fully saturated rings. The van der Waals surface area contributed by atoms with E-state index < -0.39 is 6.04 Å². The summed E-state index contributed by atoms with van der Waals surface area (Å²) in [6.07, 6.45) is 1.98. The molecule has 8 nitrogen and oxygen atoms in total. The highest BCUT2D eigenvalue weighted by Crippen LogP contribution is 2.22. The van der Waals surface area contributed by atoms with Gasteiger partial charge in [0.1, 0.15) is 11.9 Å². The van der Waals surface area contributed by atoms with Gasteiger partial charge in [0.15, 0.2) is 0 Å². The summed E-state index contributed by atoms with van der Waals surface area (Å²) in [5.74, 6) is 0.0731. The van der Waals surface area contributed by atoms with E-state index in [-0.39, 0.29) is 30.6 Å². The molecule has 1 aliphatic rings. The number of carbonyl (C=O) groups excluding carboxylic acids is 3. The number of fused-ring (bicyclic) bond motifs is 2. The molecule has 0 spiro atoms. The molecule has 4 aromatic rings. The van der Waals surface area contributed by atoms with E-state index in [9.17, 15) is 14.4 Å². The highest BCUT2D eigenvalue weighted by molar-refractivity contribution is 6.10. The number of anilines is 2. The van der Waals surface area contributed by atoms with Gasteiger partial charge in [-0.05, 0) is 48.7 Å². The minimum atomic E-state index is -0.791. The zero-order valence-electron chi connectivity index (χ0n) is 20.0. The largest absolute Gasteiger partial charge is 0.340 e. The number of carbonyl (C=O) groups is 3. The van der Waals surface area contributed by atoms with E-state index in [0.29, 0.717) is 16.9 Å². The number of aromatic nitrogens is 2. The van der Waals surface area contributed by atoms with Crippen LogP contribution in [0.2, 0.25) is 0 Å². The fraction of sp³-hybridized carbons (Fsp3) is 0.214. The van der Waals surface area contributed by atoms with Crippen molar-refractivity contribution < 1.29 is 14.4 Å². The van der Waals surface area contributed by atoms with E-state index >= 15 is 0 Å². The molecule has 2 heterocycles. The molecule has 36 heavy (non-hydrogen) atoms. The molecule has 3 N–H and O–H groups in total. The maximum Gasteiger partial charge on any atom is 0.254 e. The standard InChI is InChI=1S/C28H27N5O3/c1-33-24-14-12-19(17-23(24)30-25(33)15-11-18-7-3-2-4-8-18)29-26(34)16-13-22-28(36)31-21-10-6-5-9-20(21)27(35)32-22/h2-10,12,14,17,22H,11,13,15-16H2,1H3,(H,29,34)(H,31,36)(H,32,35). The Bertz CT molecular complexity index is 1440. The summed E-state index contributed by atoms with van der Waals surface area (Å²) >= 11 is 0. The fourth-order valence-corrected chi connectivity index (χ4v) is 4.47. The number of imidazole rings is 1. The molecule has 0 radical (unpaired) electrons. The Morgan fingerprint density at radius 2 is 1.78 bits per heavy atom. The zero-order chi connectivity index (χ0) is 25.1. The van der Waals surface area contributed by atoms with Gasteiger partial charge in [-0.2, -0.15) is 0 Å². The highest BCUT2D eigenvalue weighted by atomic mass is 16.2. The lowest BCUT2D eigenvalue weighted by Crippen LogP contribution is -2.41. The maximum atomic E-state index is 12.6. The first-order valence-electron chi connectivity index (χ1n) is 12.0. The molecular formula is C28H27N5O3. The van der Waals surface area contributed by atoms with Gasteiger partial charge in [-0.1, -0.05) is 42.5 Å². The van der Waals surface area contributed by atoms with Crippen molar-refractivity contribution in [1.82, 2.24) is 14.9 Å². The third-order valence-electron chi connectivity index (χ3n) is 6.45. The minimum Gasteiger partial charge on any atom is -0.340 e. The Morgan fingerprint density at radius 3 is 2.61 bits per heavy atom. The van der Waals surface area contributed by atoms with Crippen LogP contribution in [-0.2, 0) is 29.5 Å².